The van der Waals surface area contributed by atoms with Crippen LogP contribution < -0.4 is 10.1 Å². The van der Waals surface area contributed by atoms with Crippen LogP contribution in [-0.2, 0) is 6.54 Å². The number of hydrogen-bond acceptors (Lipinski definition) is 4. The van der Waals surface area contributed by atoms with Crippen LogP contribution in [0.3, 0.4) is 0 Å². The Balaban J connectivity index is 1.87. The minimum absolute atomic E-state index is 0.685. The molecule has 4 nitrogen and oxygen atoms in total. The van der Waals surface area contributed by atoms with Crippen molar-refractivity contribution in [3.05, 3.63) is 47.6 Å². The van der Waals surface area contributed by atoms with Gasteiger partial charge in [0, 0.05) is 17.3 Å². The number of thiazole rings is 1. The molecule has 5 heteroatoms. The van der Waals surface area contributed by atoms with Crippen molar-refractivity contribution in [2.24, 2.45) is 0 Å². The second-order valence-corrected chi connectivity index (χ2v) is 4.72. The smallest absolute Gasteiger partial charge is 0.238 e. The summed E-state index contributed by atoms with van der Waals surface area (Å²) in [5.41, 5.74) is 2.13. The summed E-state index contributed by atoms with van der Waals surface area (Å²) in [6.07, 6.45) is 2.01. The molecular weight excluding hydrogens is 246 g/mol. The number of aromatic nitrogens is 2. The molecule has 3 rings (SSSR count). The molecule has 0 unspecified atom stereocenters. The lowest BCUT2D eigenvalue weighted by Gasteiger charge is -2.06. The van der Waals surface area contributed by atoms with Crippen molar-refractivity contribution in [2.45, 2.75) is 6.54 Å². The van der Waals surface area contributed by atoms with E-state index in [9.17, 15) is 0 Å². The molecule has 0 aliphatic heterocycles. The monoisotopic (exact) mass is 259 g/mol. The van der Waals surface area contributed by atoms with Gasteiger partial charge in [-0.1, -0.05) is 18.2 Å². The molecule has 0 saturated heterocycles. The average molecular weight is 259 g/mol. The van der Waals surface area contributed by atoms with Gasteiger partial charge in [0.2, 0.25) is 5.88 Å². The summed E-state index contributed by atoms with van der Waals surface area (Å²) in [6, 6.07) is 10.1. The summed E-state index contributed by atoms with van der Waals surface area (Å²) in [7, 11) is 1.65. The number of ether oxygens (including phenoxy) is 1. The number of rotatable bonds is 4. The Labute approximate surface area is 109 Å². The molecule has 0 atom stereocenters. The predicted octanol–water partition coefficient (Wildman–Crippen LogP) is 3.02. The van der Waals surface area contributed by atoms with Crippen LogP contribution in [0, 0.1) is 0 Å². The molecule has 1 aromatic carbocycles. The van der Waals surface area contributed by atoms with Gasteiger partial charge >= 0.3 is 0 Å². The van der Waals surface area contributed by atoms with E-state index in [-0.39, 0.29) is 0 Å². The van der Waals surface area contributed by atoms with Gasteiger partial charge in [-0.15, -0.1) is 11.3 Å². The molecule has 0 aliphatic carbocycles. The predicted molar refractivity (Wildman–Crippen MR) is 73.4 cm³/mol. The zero-order chi connectivity index (χ0) is 12.4. The number of benzene rings is 1. The maximum absolute atomic E-state index is 5.31. The number of fused-ring (bicyclic) bond motifs is 1. The molecule has 0 fully saturated rings. The third kappa shape index (κ3) is 1.93. The summed E-state index contributed by atoms with van der Waals surface area (Å²) in [6.45, 7) is 0.686. The van der Waals surface area contributed by atoms with Gasteiger partial charge in [-0.25, -0.2) is 0 Å². The van der Waals surface area contributed by atoms with Gasteiger partial charge in [0.25, 0.3) is 0 Å². The van der Waals surface area contributed by atoms with E-state index < -0.39 is 0 Å². The normalized spacial score (nSPS) is 10.7. The summed E-state index contributed by atoms with van der Waals surface area (Å²) in [4.78, 5) is 5.38. The Kier molecular flexibility index (Phi) is 2.90. The van der Waals surface area contributed by atoms with Crippen LogP contribution in [0.4, 0.5) is 5.69 Å². The van der Waals surface area contributed by atoms with Crippen LogP contribution in [0.25, 0.3) is 4.96 Å². The van der Waals surface area contributed by atoms with Crippen LogP contribution in [0.1, 0.15) is 5.69 Å². The quantitative estimate of drug-likeness (QED) is 0.782. The largest absolute Gasteiger partial charge is 0.480 e. The van der Waals surface area contributed by atoms with Crippen molar-refractivity contribution in [3.8, 4) is 5.88 Å². The Bertz CT molecular complexity index is 645. The SMILES string of the molecule is COc1nc2sccn2c1CNc1ccccc1. The third-order valence-corrected chi connectivity index (χ3v) is 3.51. The first-order valence-corrected chi connectivity index (χ1v) is 6.54. The van der Waals surface area contributed by atoms with Gasteiger partial charge < -0.3 is 10.1 Å². The molecule has 0 saturated carbocycles. The summed E-state index contributed by atoms with van der Waals surface area (Å²) in [5.74, 6) is 0.685. The van der Waals surface area contributed by atoms with Gasteiger partial charge in [-0.3, -0.25) is 4.40 Å². The van der Waals surface area contributed by atoms with E-state index in [4.69, 9.17) is 4.74 Å². The lowest BCUT2D eigenvalue weighted by atomic mass is 10.3. The first kappa shape index (κ1) is 11.1. The van der Waals surface area contributed by atoms with Crippen LogP contribution in [0.5, 0.6) is 5.88 Å². The highest BCUT2D eigenvalue weighted by Gasteiger charge is 2.12. The van der Waals surface area contributed by atoms with Gasteiger partial charge in [0.1, 0.15) is 5.69 Å². The molecule has 92 valence electrons. The topological polar surface area (TPSA) is 38.6 Å². The van der Waals surface area contributed by atoms with Crippen molar-refractivity contribution < 1.29 is 4.74 Å². The molecular formula is C13H13N3OS. The molecule has 2 aromatic heterocycles. The Morgan fingerprint density at radius 3 is 2.94 bits per heavy atom. The summed E-state index contributed by atoms with van der Waals surface area (Å²) < 4.78 is 7.37. The summed E-state index contributed by atoms with van der Waals surface area (Å²) >= 11 is 1.60. The van der Waals surface area contributed by atoms with Gasteiger partial charge in [0.15, 0.2) is 4.96 Å². The van der Waals surface area contributed by atoms with E-state index in [0.717, 1.165) is 16.3 Å². The zero-order valence-corrected chi connectivity index (χ0v) is 10.8. The zero-order valence-electron chi connectivity index (χ0n) is 9.96. The molecule has 0 amide bonds. The van der Waals surface area contributed by atoms with Crippen molar-refractivity contribution in [1.82, 2.24) is 9.38 Å². The van der Waals surface area contributed by atoms with Gasteiger partial charge in [-0.05, 0) is 12.1 Å². The number of para-hydroxylation sites is 1. The molecule has 0 radical (unpaired) electrons. The Morgan fingerprint density at radius 2 is 2.17 bits per heavy atom. The fraction of sp³-hybridized carbons (Fsp3) is 0.154. The standard InChI is InChI=1S/C13H13N3OS/c1-17-12-11(16-7-8-18-13(16)15-12)9-14-10-5-3-2-4-6-10/h2-8,14H,9H2,1H3. The molecule has 0 spiro atoms. The van der Waals surface area contributed by atoms with E-state index in [0.29, 0.717) is 12.4 Å². The van der Waals surface area contributed by atoms with Crippen molar-refractivity contribution in [1.29, 1.82) is 0 Å². The Hall–Kier alpha value is -2.01. The summed E-state index contributed by atoms with van der Waals surface area (Å²) in [5, 5.41) is 5.39. The maximum atomic E-state index is 5.31. The van der Waals surface area contributed by atoms with Gasteiger partial charge in [-0.2, -0.15) is 4.98 Å². The second-order valence-electron chi connectivity index (χ2n) is 3.84. The number of nitrogens with zero attached hydrogens (tertiary/aromatic N) is 2. The third-order valence-electron chi connectivity index (χ3n) is 2.75. The minimum Gasteiger partial charge on any atom is -0.480 e. The maximum Gasteiger partial charge on any atom is 0.238 e. The Morgan fingerprint density at radius 1 is 1.33 bits per heavy atom. The number of methoxy groups -OCH3 is 1. The highest BCUT2D eigenvalue weighted by Crippen LogP contribution is 2.23. The molecule has 18 heavy (non-hydrogen) atoms. The number of anilines is 1. The van der Waals surface area contributed by atoms with Gasteiger partial charge in [0.05, 0.1) is 13.7 Å². The fourth-order valence-corrected chi connectivity index (χ4v) is 2.60. The number of nitrogens with one attached hydrogen (secondary N) is 1. The van der Waals surface area contributed by atoms with Crippen LogP contribution in [0.15, 0.2) is 41.9 Å². The number of hydrogen-bond donors (Lipinski definition) is 1. The molecule has 1 N–H and O–H groups in total. The average Bonchev–Trinajstić information content (AvgIpc) is 2.98. The molecule has 2 heterocycles. The molecule has 0 bridgehead atoms. The van der Waals surface area contributed by atoms with E-state index in [1.807, 2.05) is 41.9 Å². The highest BCUT2D eigenvalue weighted by molar-refractivity contribution is 7.15. The van der Waals surface area contributed by atoms with E-state index in [2.05, 4.69) is 14.7 Å². The van der Waals surface area contributed by atoms with Crippen LogP contribution >= 0.6 is 11.3 Å². The van der Waals surface area contributed by atoms with Crippen LogP contribution in [-0.4, -0.2) is 16.5 Å². The molecule has 3 aromatic rings. The van der Waals surface area contributed by atoms with Crippen LogP contribution in [0.2, 0.25) is 0 Å². The number of imidazole rings is 1. The van der Waals surface area contributed by atoms with Crippen molar-refractivity contribution >= 4 is 22.0 Å². The van der Waals surface area contributed by atoms with E-state index in [1.165, 1.54) is 0 Å². The van der Waals surface area contributed by atoms with Crippen molar-refractivity contribution in [3.63, 3.8) is 0 Å². The van der Waals surface area contributed by atoms with E-state index >= 15 is 0 Å². The van der Waals surface area contributed by atoms with E-state index in [1.54, 1.807) is 18.4 Å². The van der Waals surface area contributed by atoms with Crippen molar-refractivity contribution in [2.75, 3.05) is 12.4 Å². The lowest BCUT2D eigenvalue weighted by Crippen LogP contribution is -2.03. The fourth-order valence-electron chi connectivity index (χ4n) is 1.88. The first-order chi connectivity index (χ1) is 8.88. The highest BCUT2D eigenvalue weighted by atomic mass is 32.1. The second kappa shape index (κ2) is 4.70. The first-order valence-electron chi connectivity index (χ1n) is 5.66. The molecule has 0 aliphatic rings. The lowest BCUT2D eigenvalue weighted by molar-refractivity contribution is 0.395. The minimum atomic E-state index is 0.685.